The molecule has 150 valence electrons. The molecule has 0 amide bonds. The first-order valence-electron chi connectivity index (χ1n) is 9.08. The predicted octanol–water partition coefficient (Wildman–Crippen LogP) is 2.57. The minimum atomic E-state index is -1.52. The average Bonchev–Trinajstić information content (AvgIpc) is 3.42. The Kier molecular flexibility index (Phi) is 3.67. The maximum Gasteiger partial charge on any atom is 0.341 e. The van der Waals surface area contributed by atoms with Crippen LogP contribution in [0.25, 0.3) is 10.9 Å². The fraction of sp³-hybridized carbons (Fsp3) is 0.316. The van der Waals surface area contributed by atoms with Crippen LogP contribution < -0.4 is 10.3 Å². The molecular weight excluding hydrogens is 388 g/mol. The van der Waals surface area contributed by atoms with Crippen LogP contribution in [0.5, 0.6) is 5.75 Å². The van der Waals surface area contributed by atoms with Crippen molar-refractivity contribution in [3.8, 4) is 5.75 Å². The Balaban J connectivity index is 1.80. The van der Waals surface area contributed by atoms with Gasteiger partial charge in [-0.1, -0.05) is 5.16 Å². The highest BCUT2D eigenvalue weighted by Gasteiger charge is 2.34. The fourth-order valence-electron chi connectivity index (χ4n) is 3.91. The smallest absolute Gasteiger partial charge is 0.341 e. The van der Waals surface area contributed by atoms with Crippen molar-refractivity contribution in [1.82, 2.24) is 9.72 Å². The highest BCUT2D eigenvalue weighted by atomic mass is 19.1. The molecule has 5 rings (SSSR count). The van der Waals surface area contributed by atoms with Crippen molar-refractivity contribution in [2.24, 2.45) is 0 Å². The second-order valence-corrected chi connectivity index (χ2v) is 7.31. The Morgan fingerprint density at radius 2 is 2.03 bits per heavy atom. The molecule has 2 N–H and O–H groups in total. The van der Waals surface area contributed by atoms with Crippen molar-refractivity contribution < 1.29 is 28.3 Å². The maximum absolute atomic E-state index is 15.6. The Hall–Kier alpha value is -3.43. The Morgan fingerprint density at radius 3 is 2.72 bits per heavy atom. The third-order valence-corrected chi connectivity index (χ3v) is 5.49. The molecule has 10 heteroatoms. The van der Waals surface area contributed by atoms with Crippen LogP contribution in [-0.4, -0.2) is 32.5 Å². The number of aromatic carboxylic acids is 1. The van der Waals surface area contributed by atoms with E-state index < -0.39 is 45.4 Å². The zero-order chi connectivity index (χ0) is 20.4. The molecule has 1 aliphatic heterocycles. The van der Waals surface area contributed by atoms with E-state index in [4.69, 9.17) is 4.52 Å². The summed E-state index contributed by atoms with van der Waals surface area (Å²) in [7, 11) is 0. The number of hydrogen-bond acceptors (Lipinski definition) is 6. The number of halogens is 2. The number of hydrogen-bond donors (Lipinski definition) is 2. The molecule has 0 spiro atoms. The second kappa shape index (κ2) is 6.03. The third-order valence-electron chi connectivity index (χ3n) is 5.49. The van der Waals surface area contributed by atoms with Crippen molar-refractivity contribution in [3.05, 3.63) is 51.1 Å². The summed E-state index contributed by atoms with van der Waals surface area (Å²) < 4.78 is 37.1. The molecule has 0 atom stereocenters. The monoisotopic (exact) mass is 403 g/mol. The number of carboxylic acid groups (broad SMARTS) is 1. The number of benzene rings is 1. The number of aromatic nitrogens is 2. The van der Waals surface area contributed by atoms with Crippen molar-refractivity contribution in [2.45, 2.75) is 31.8 Å². The number of pyridine rings is 1. The number of anilines is 1. The molecule has 2 aliphatic rings. The molecule has 2 aromatic heterocycles. The van der Waals surface area contributed by atoms with E-state index in [1.54, 1.807) is 0 Å². The number of nitrogens with zero attached hydrogens (tertiary/aromatic N) is 3. The number of fused-ring (bicyclic) bond motifs is 2. The van der Waals surface area contributed by atoms with Gasteiger partial charge in [0, 0.05) is 37.3 Å². The molecule has 1 aromatic carbocycles. The van der Waals surface area contributed by atoms with E-state index in [0.29, 0.717) is 30.6 Å². The van der Waals surface area contributed by atoms with E-state index in [9.17, 15) is 19.8 Å². The van der Waals surface area contributed by atoms with Gasteiger partial charge in [0.15, 0.2) is 17.4 Å². The van der Waals surface area contributed by atoms with Crippen LogP contribution in [-0.2, 0) is 13.0 Å². The second-order valence-electron chi connectivity index (χ2n) is 7.31. The summed E-state index contributed by atoms with van der Waals surface area (Å²) in [6, 6.07) is -0.213. The number of carboxylic acids is 1. The standard InChI is InChI=1S/C19H15F2N3O5/c20-13-15-12(17(25)10(19(27)28)7-24(15)9-1-2-9)18(26)14(21)16(13)23-4-3-11-8(6-23)5-22-29-11/h5,7,9,26H,1-4,6H2,(H,27,28). The summed E-state index contributed by atoms with van der Waals surface area (Å²) in [5, 5.41) is 22.8. The molecular formula is C19H15F2N3O5. The largest absolute Gasteiger partial charge is 0.504 e. The normalized spacial score (nSPS) is 16.3. The lowest BCUT2D eigenvalue weighted by molar-refractivity contribution is 0.0695. The van der Waals surface area contributed by atoms with Gasteiger partial charge in [0.1, 0.15) is 17.0 Å². The summed E-state index contributed by atoms with van der Waals surface area (Å²) >= 11 is 0. The van der Waals surface area contributed by atoms with Crippen molar-refractivity contribution >= 4 is 22.6 Å². The first-order chi connectivity index (χ1) is 13.9. The number of carbonyl (C=O) groups is 1. The first-order valence-corrected chi connectivity index (χ1v) is 9.08. The number of phenols is 1. The predicted molar refractivity (Wildman–Crippen MR) is 96.3 cm³/mol. The van der Waals surface area contributed by atoms with Gasteiger partial charge in [-0.25, -0.2) is 13.6 Å². The number of phenolic OH excluding ortho intramolecular Hbond substituents is 1. The van der Waals surface area contributed by atoms with Gasteiger partial charge in [0.2, 0.25) is 5.43 Å². The molecule has 3 aromatic rings. The molecule has 0 unspecified atom stereocenters. The summed E-state index contributed by atoms with van der Waals surface area (Å²) in [6.07, 6.45) is 4.25. The van der Waals surface area contributed by atoms with Gasteiger partial charge in [-0.2, -0.15) is 0 Å². The Morgan fingerprint density at radius 1 is 1.28 bits per heavy atom. The minimum Gasteiger partial charge on any atom is -0.504 e. The van der Waals surface area contributed by atoms with Gasteiger partial charge < -0.3 is 24.2 Å². The zero-order valence-corrected chi connectivity index (χ0v) is 15.0. The molecule has 0 radical (unpaired) electrons. The number of aromatic hydroxyl groups is 1. The highest BCUT2D eigenvalue weighted by molar-refractivity contribution is 5.96. The van der Waals surface area contributed by atoms with Crippen LogP contribution in [0.3, 0.4) is 0 Å². The summed E-state index contributed by atoms with van der Waals surface area (Å²) in [5.41, 5.74) is -1.83. The van der Waals surface area contributed by atoms with Gasteiger partial charge in [-0.3, -0.25) is 4.79 Å². The van der Waals surface area contributed by atoms with E-state index >= 15 is 8.78 Å². The van der Waals surface area contributed by atoms with Crippen molar-refractivity contribution in [3.63, 3.8) is 0 Å². The van der Waals surface area contributed by atoms with E-state index in [0.717, 1.165) is 6.20 Å². The average molecular weight is 403 g/mol. The molecule has 1 saturated carbocycles. The lowest BCUT2D eigenvalue weighted by Gasteiger charge is -2.29. The van der Waals surface area contributed by atoms with E-state index in [1.807, 2.05) is 0 Å². The maximum atomic E-state index is 15.6. The molecule has 0 bridgehead atoms. The fourth-order valence-corrected chi connectivity index (χ4v) is 3.91. The topological polar surface area (TPSA) is 109 Å². The lowest BCUT2D eigenvalue weighted by Crippen LogP contribution is -2.31. The Bertz CT molecular complexity index is 1250. The van der Waals surface area contributed by atoms with Gasteiger partial charge in [-0.05, 0) is 12.8 Å². The van der Waals surface area contributed by atoms with Gasteiger partial charge in [-0.15, -0.1) is 0 Å². The van der Waals surface area contributed by atoms with Crippen LogP contribution in [0, 0.1) is 11.6 Å². The van der Waals surface area contributed by atoms with Crippen molar-refractivity contribution in [1.29, 1.82) is 0 Å². The van der Waals surface area contributed by atoms with Crippen LogP contribution in [0.4, 0.5) is 14.5 Å². The molecule has 3 heterocycles. The summed E-state index contributed by atoms with van der Waals surface area (Å²) in [6.45, 7) is 0.348. The van der Waals surface area contributed by atoms with Gasteiger partial charge >= 0.3 is 5.97 Å². The molecule has 0 saturated heterocycles. The zero-order valence-electron chi connectivity index (χ0n) is 15.0. The molecule has 1 fully saturated rings. The van der Waals surface area contributed by atoms with Crippen LogP contribution in [0.15, 0.2) is 21.7 Å². The lowest BCUT2D eigenvalue weighted by atomic mass is 10.0. The Labute approximate surface area is 161 Å². The van der Waals surface area contributed by atoms with Gasteiger partial charge in [0.05, 0.1) is 17.1 Å². The first kappa shape index (κ1) is 17.7. The van der Waals surface area contributed by atoms with E-state index in [1.165, 1.54) is 15.7 Å². The van der Waals surface area contributed by atoms with E-state index in [2.05, 4.69) is 5.16 Å². The molecule has 29 heavy (non-hydrogen) atoms. The van der Waals surface area contributed by atoms with Crippen LogP contribution >= 0.6 is 0 Å². The van der Waals surface area contributed by atoms with E-state index in [-0.39, 0.29) is 24.6 Å². The van der Waals surface area contributed by atoms with Crippen LogP contribution in [0.1, 0.15) is 40.6 Å². The van der Waals surface area contributed by atoms with Crippen molar-refractivity contribution in [2.75, 3.05) is 11.4 Å². The molecule has 1 aliphatic carbocycles. The summed E-state index contributed by atoms with van der Waals surface area (Å²) in [4.78, 5) is 25.4. The quantitative estimate of drug-likeness (QED) is 0.692. The van der Waals surface area contributed by atoms with Crippen LogP contribution in [0.2, 0.25) is 0 Å². The minimum absolute atomic E-state index is 0.124. The third kappa shape index (κ3) is 2.51. The van der Waals surface area contributed by atoms with Gasteiger partial charge in [0.25, 0.3) is 0 Å². The SMILES string of the molecule is O=C(O)c1cn(C2CC2)c2c(F)c(N3CCc4oncc4C3)c(F)c(O)c2c1=O. The number of rotatable bonds is 3. The summed E-state index contributed by atoms with van der Waals surface area (Å²) in [5.74, 6) is -4.23. The highest BCUT2D eigenvalue weighted by Crippen LogP contribution is 2.43. The molecule has 8 nitrogen and oxygen atoms in total.